The van der Waals surface area contributed by atoms with E-state index >= 15 is 0 Å². The van der Waals surface area contributed by atoms with Gasteiger partial charge in [0.1, 0.15) is 0 Å². The van der Waals surface area contributed by atoms with Crippen molar-refractivity contribution in [2.24, 2.45) is 0 Å². The minimum absolute atomic E-state index is 0.602. The van der Waals surface area contributed by atoms with Gasteiger partial charge in [-0.25, -0.2) is 0 Å². The van der Waals surface area contributed by atoms with Gasteiger partial charge in [-0.05, 0) is 6.07 Å². The van der Waals surface area contributed by atoms with Crippen LogP contribution < -0.4 is 5.73 Å². The second kappa shape index (κ2) is 2.60. The molecule has 12 heavy (non-hydrogen) atoms. The normalized spacial score (nSPS) is 10.3. The average molecular weight is 177 g/mol. The number of aldehydes is 1. The van der Waals surface area contributed by atoms with Crippen molar-refractivity contribution in [3.8, 4) is 0 Å². The molecule has 0 aliphatic heterocycles. The van der Waals surface area contributed by atoms with E-state index in [1.165, 1.54) is 11.3 Å². The zero-order valence-corrected chi connectivity index (χ0v) is 7.10. The highest BCUT2D eigenvalue weighted by Crippen LogP contribution is 2.31. The number of hydrogen-bond acceptors (Lipinski definition) is 3. The Balaban J connectivity index is 2.87. The lowest BCUT2D eigenvalue weighted by Gasteiger charge is -1.88. The number of thiophene rings is 1. The van der Waals surface area contributed by atoms with Crippen LogP contribution in [0.5, 0.6) is 0 Å². The van der Waals surface area contributed by atoms with E-state index < -0.39 is 0 Å². The molecule has 0 saturated carbocycles. The van der Waals surface area contributed by atoms with Crippen LogP contribution in [-0.2, 0) is 0 Å². The van der Waals surface area contributed by atoms with Crippen molar-refractivity contribution in [3.05, 3.63) is 29.1 Å². The second-order valence-corrected chi connectivity index (χ2v) is 3.58. The number of hydrogen-bond donors (Lipinski definition) is 1. The van der Waals surface area contributed by atoms with Gasteiger partial charge in [0.15, 0.2) is 6.29 Å². The summed E-state index contributed by atoms with van der Waals surface area (Å²) in [6.07, 6.45) is 0.806. The van der Waals surface area contributed by atoms with Crippen LogP contribution in [0.3, 0.4) is 0 Å². The van der Waals surface area contributed by atoms with Crippen molar-refractivity contribution >= 4 is 33.4 Å². The first-order valence-electron chi connectivity index (χ1n) is 3.55. The van der Waals surface area contributed by atoms with Gasteiger partial charge in [0.05, 0.1) is 10.6 Å². The van der Waals surface area contributed by atoms with E-state index in [-0.39, 0.29) is 0 Å². The summed E-state index contributed by atoms with van der Waals surface area (Å²) in [5, 5.41) is 0.976. The number of fused-ring (bicyclic) bond motifs is 1. The van der Waals surface area contributed by atoms with Gasteiger partial charge in [0.2, 0.25) is 0 Å². The molecule has 1 aromatic carbocycles. The zero-order chi connectivity index (χ0) is 8.55. The third kappa shape index (κ3) is 0.905. The molecule has 0 radical (unpaired) electrons. The molecule has 0 atom stereocenters. The molecule has 60 valence electrons. The molecule has 2 nitrogen and oxygen atoms in total. The standard InChI is InChI=1S/C9H7NOS/c10-9-6-3-1-2-4-7(6)12-8(9)5-11/h1-5H,10H2. The van der Waals surface area contributed by atoms with Gasteiger partial charge in [0.25, 0.3) is 0 Å². The summed E-state index contributed by atoms with van der Waals surface area (Å²) in [6.45, 7) is 0. The van der Waals surface area contributed by atoms with E-state index in [9.17, 15) is 4.79 Å². The summed E-state index contributed by atoms with van der Waals surface area (Å²) in [4.78, 5) is 11.1. The quantitative estimate of drug-likeness (QED) is 0.679. The molecule has 3 heteroatoms. The van der Waals surface area contributed by atoms with Crippen molar-refractivity contribution < 1.29 is 4.79 Å². The summed E-state index contributed by atoms with van der Waals surface area (Å²) in [5.41, 5.74) is 6.33. The maximum absolute atomic E-state index is 10.5. The summed E-state index contributed by atoms with van der Waals surface area (Å²) in [7, 11) is 0. The highest BCUT2D eigenvalue weighted by Gasteiger charge is 2.06. The minimum Gasteiger partial charge on any atom is -0.397 e. The molecule has 2 rings (SSSR count). The molecule has 0 bridgehead atoms. The van der Waals surface area contributed by atoms with E-state index in [1.54, 1.807) is 0 Å². The topological polar surface area (TPSA) is 43.1 Å². The lowest BCUT2D eigenvalue weighted by atomic mass is 10.2. The molecule has 0 fully saturated rings. The third-order valence-corrected chi connectivity index (χ3v) is 2.88. The monoisotopic (exact) mass is 177 g/mol. The average Bonchev–Trinajstić information content (AvgIpc) is 2.44. The van der Waals surface area contributed by atoms with Crippen LogP contribution in [0.2, 0.25) is 0 Å². The van der Waals surface area contributed by atoms with E-state index in [1.807, 2.05) is 24.3 Å². The van der Waals surface area contributed by atoms with Crippen LogP contribution in [0, 0.1) is 0 Å². The van der Waals surface area contributed by atoms with E-state index in [0.29, 0.717) is 10.6 Å². The third-order valence-electron chi connectivity index (χ3n) is 1.77. The molecule has 0 aliphatic carbocycles. The predicted octanol–water partition coefficient (Wildman–Crippen LogP) is 2.30. The van der Waals surface area contributed by atoms with Crippen LogP contribution in [0.25, 0.3) is 10.1 Å². The molecule has 0 spiro atoms. The summed E-state index contributed by atoms with van der Waals surface area (Å²) >= 11 is 1.43. The van der Waals surface area contributed by atoms with Gasteiger partial charge in [-0.3, -0.25) is 4.79 Å². The fourth-order valence-corrected chi connectivity index (χ4v) is 2.11. The van der Waals surface area contributed by atoms with Crippen molar-refractivity contribution in [3.63, 3.8) is 0 Å². The van der Waals surface area contributed by atoms with Crippen molar-refractivity contribution in [2.75, 3.05) is 5.73 Å². The lowest BCUT2D eigenvalue weighted by molar-refractivity contribution is 0.112. The molecule has 0 saturated heterocycles. The molecular weight excluding hydrogens is 170 g/mol. The first-order valence-corrected chi connectivity index (χ1v) is 4.37. The van der Waals surface area contributed by atoms with Crippen molar-refractivity contribution in [2.45, 2.75) is 0 Å². The smallest absolute Gasteiger partial charge is 0.162 e. The molecule has 0 unspecified atom stereocenters. The molecule has 2 aromatic rings. The SMILES string of the molecule is Nc1c(C=O)sc2ccccc12. The fraction of sp³-hybridized carbons (Fsp3) is 0. The molecule has 1 aromatic heterocycles. The summed E-state index contributed by atoms with van der Waals surface area (Å²) in [6, 6.07) is 7.74. The zero-order valence-electron chi connectivity index (χ0n) is 6.28. The van der Waals surface area contributed by atoms with Gasteiger partial charge in [-0.1, -0.05) is 18.2 Å². The highest BCUT2D eigenvalue weighted by atomic mass is 32.1. The maximum Gasteiger partial charge on any atom is 0.162 e. The first-order chi connectivity index (χ1) is 5.83. The molecule has 1 heterocycles. The van der Waals surface area contributed by atoms with Gasteiger partial charge < -0.3 is 5.73 Å². The van der Waals surface area contributed by atoms with Gasteiger partial charge in [-0.15, -0.1) is 11.3 Å². The highest BCUT2D eigenvalue weighted by molar-refractivity contribution is 7.21. The van der Waals surface area contributed by atoms with Crippen LogP contribution in [-0.4, -0.2) is 6.29 Å². The number of carbonyl (C=O) groups is 1. The van der Waals surface area contributed by atoms with E-state index in [2.05, 4.69) is 0 Å². The number of carbonyl (C=O) groups excluding carboxylic acids is 1. The molecule has 2 N–H and O–H groups in total. The Morgan fingerprint density at radius 2 is 2.08 bits per heavy atom. The van der Waals surface area contributed by atoms with Crippen LogP contribution in [0.1, 0.15) is 9.67 Å². The molecule has 0 amide bonds. The first kappa shape index (κ1) is 7.31. The Hall–Kier alpha value is -1.35. The Morgan fingerprint density at radius 1 is 1.33 bits per heavy atom. The van der Waals surface area contributed by atoms with Crippen LogP contribution in [0.4, 0.5) is 5.69 Å². The number of nitrogen functional groups attached to an aromatic ring is 1. The Labute approximate surface area is 73.6 Å². The largest absolute Gasteiger partial charge is 0.397 e. The van der Waals surface area contributed by atoms with Crippen LogP contribution in [0.15, 0.2) is 24.3 Å². The van der Waals surface area contributed by atoms with E-state index in [4.69, 9.17) is 5.73 Å². The Bertz CT molecular complexity index is 433. The van der Waals surface area contributed by atoms with Crippen molar-refractivity contribution in [1.82, 2.24) is 0 Å². The number of nitrogens with two attached hydrogens (primary N) is 1. The Morgan fingerprint density at radius 3 is 2.75 bits per heavy atom. The maximum atomic E-state index is 10.5. The van der Waals surface area contributed by atoms with E-state index in [0.717, 1.165) is 16.4 Å². The molecular formula is C9H7NOS. The van der Waals surface area contributed by atoms with Gasteiger partial charge in [0, 0.05) is 10.1 Å². The fourth-order valence-electron chi connectivity index (χ4n) is 1.17. The van der Waals surface area contributed by atoms with Gasteiger partial charge >= 0.3 is 0 Å². The summed E-state index contributed by atoms with van der Waals surface area (Å²) in [5.74, 6) is 0. The minimum atomic E-state index is 0.602. The summed E-state index contributed by atoms with van der Waals surface area (Å²) < 4.78 is 1.07. The molecule has 0 aliphatic rings. The van der Waals surface area contributed by atoms with Crippen molar-refractivity contribution in [1.29, 1.82) is 0 Å². The second-order valence-electron chi connectivity index (χ2n) is 2.49. The van der Waals surface area contributed by atoms with Gasteiger partial charge in [-0.2, -0.15) is 0 Å². The number of anilines is 1. The lowest BCUT2D eigenvalue weighted by Crippen LogP contribution is -1.85. The predicted molar refractivity (Wildman–Crippen MR) is 51.6 cm³/mol. The van der Waals surface area contributed by atoms with Crippen LogP contribution >= 0.6 is 11.3 Å². The number of benzene rings is 1. The number of rotatable bonds is 1. The Kier molecular flexibility index (Phi) is 1.59.